The minimum atomic E-state index is -0.0436. The zero-order chi connectivity index (χ0) is 18.7. The molecule has 26 heavy (non-hydrogen) atoms. The van der Waals surface area contributed by atoms with Gasteiger partial charge in [0.2, 0.25) is 0 Å². The van der Waals surface area contributed by atoms with Crippen LogP contribution in [0.4, 0.5) is 0 Å². The standard InChI is InChI=1S/C20H21ClN2O2S/c1-14(24)17-13-15(21)7-8-19(17)26-18-6-4-3-5-16(18)20(25)23-11-9-22(2)10-12-23/h3-8,13H,9-12H2,1-2H3. The minimum absolute atomic E-state index is 0.0412. The van der Waals surface area contributed by atoms with E-state index in [4.69, 9.17) is 11.6 Å². The van der Waals surface area contributed by atoms with Crippen LogP contribution < -0.4 is 0 Å². The first kappa shape index (κ1) is 19.0. The molecule has 0 bridgehead atoms. The number of carbonyl (C=O) groups is 2. The summed E-state index contributed by atoms with van der Waals surface area (Å²) in [7, 11) is 2.06. The van der Waals surface area contributed by atoms with Crippen LogP contribution >= 0.6 is 23.4 Å². The van der Waals surface area contributed by atoms with Gasteiger partial charge in [0.25, 0.3) is 5.91 Å². The Bertz CT molecular complexity index is 832. The molecule has 0 spiro atoms. The van der Waals surface area contributed by atoms with Gasteiger partial charge in [0, 0.05) is 46.6 Å². The van der Waals surface area contributed by atoms with E-state index >= 15 is 0 Å². The third kappa shape index (κ3) is 4.29. The Morgan fingerprint density at radius 2 is 1.62 bits per heavy atom. The predicted molar refractivity (Wildman–Crippen MR) is 105 cm³/mol. The molecule has 1 fully saturated rings. The number of carbonyl (C=O) groups excluding carboxylic acids is 2. The minimum Gasteiger partial charge on any atom is -0.336 e. The van der Waals surface area contributed by atoms with Crippen molar-refractivity contribution in [2.24, 2.45) is 0 Å². The van der Waals surface area contributed by atoms with Gasteiger partial charge in [-0.05, 0) is 44.3 Å². The fourth-order valence-electron chi connectivity index (χ4n) is 2.90. The molecule has 1 heterocycles. The van der Waals surface area contributed by atoms with E-state index in [-0.39, 0.29) is 11.7 Å². The van der Waals surface area contributed by atoms with Gasteiger partial charge in [-0.1, -0.05) is 35.5 Å². The van der Waals surface area contributed by atoms with Crippen LogP contribution in [-0.4, -0.2) is 54.7 Å². The molecule has 0 N–H and O–H groups in total. The van der Waals surface area contributed by atoms with Crippen molar-refractivity contribution in [2.75, 3.05) is 33.2 Å². The van der Waals surface area contributed by atoms with Gasteiger partial charge in [-0.15, -0.1) is 0 Å². The SMILES string of the molecule is CC(=O)c1cc(Cl)ccc1Sc1ccccc1C(=O)N1CCN(C)CC1. The molecule has 0 aromatic heterocycles. The molecule has 4 nitrogen and oxygen atoms in total. The van der Waals surface area contributed by atoms with Gasteiger partial charge < -0.3 is 9.80 Å². The highest BCUT2D eigenvalue weighted by atomic mass is 35.5. The molecule has 1 aliphatic heterocycles. The monoisotopic (exact) mass is 388 g/mol. The van der Waals surface area contributed by atoms with Crippen molar-refractivity contribution in [1.29, 1.82) is 0 Å². The zero-order valence-electron chi connectivity index (χ0n) is 14.9. The molecular weight excluding hydrogens is 368 g/mol. The van der Waals surface area contributed by atoms with E-state index in [1.807, 2.05) is 35.2 Å². The average molecular weight is 389 g/mol. The molecule has 6 heteroatoms. The number of likely N-dealkylation sites (N-methyl/N-ethyl adjacent to an activating group) is 1. The quantitative estimate of drug-likeness (QED) is 0.740. The predicted octanol–water partition coefficient (Wildman–Crippen LogP) is 4.08. The molecule has 0 atom stereocenters. The first-order valence-electron chi connectivity index (χ1n) is 8.51. The molecule has 0 saturated carbocycles. The van der Waals surface area contributed by atoms with Crippen LogP contribution in [0.15, 0.2) is 52.3 Å². The van der Waals surface area contributed by atoms with Crippen LogP contribution in [-0.2, 0) is 0 Å². The van der Waals surface area contributed by atoms with E-state index in [0.717, 1.165) is 36.0 Å². The Balaban J connectivity index is 1.89. The highest BCUT2D eigenvalue weighted by Crippen LogP contribution is 2.34. The fourth-order valence-corrected chi connectivity index (χ4v) is 4.17. The summed E-state index contributed by atoms with van der Waals surface area (Å²) in [5.41, 5.74) is 1.25. The van der Waals surface area contributed by atoms with Crippen molar-refractivity contribution in [3.05, 3.63) is 58.6 Å². The molecule has 2 aromatic rings. The van der Waals surface area contributed by atoms with Crippen LogP contribution in [0.5, 0.6) is 0 Å². The number of amides is 1. The number of ketones is 1. The molecule has 1 saturated heterocycles. The lowest BCUT2D eigenvalue weighted by Crippen LogP contribution is -2.47. The molecule has 0 unspecified atom stereocenters. The number of Topliss-reactive ketones (excluding diaryl/α,β-unsaturated/α-hetero) is 1. The Morgan fingerprint density at radius 1 is 0.962 bits per heavy atom. The Kier molecular flexibility index (Phi) is 6.01. The maximum absolute atomic E-state index is 13.0. The van der Waals surface area contributed by atoms with Crippen molar-refractivity contribution >= 4 is 35.1 Å². The van der Waals surface area contributed by atoms with Gasteiger partial charge in [-0.25, -0.2) is 0 Å². The highest BCUT2D eigenvalue weighted by molar-refractivity contribution is 7.99. The first-order chi connectivity index (χ1) is 12.5. The van der Waals surface area contributed by atoms with Crippen molar-refractivity contribution in [2.45, 2.75) is 16.7 Å². The number of hydrogen-bond donors (Lipinski definition) is 0. The second-order valence-corrected chi connectivity index (χ2v) is 7.91. The van der Waals surface area contributed by atoms with Crippen LogP contribution in [0.1, 0.15) is 27.6 Å². The summed E-state index contributed by atoms with van der Waals surface area (Å²) >= 11 is 7.47. The summed E-state index contributed by atoms with van der Waals surface area (Å²) in [6.45, 7) is 4.75. The zero-order valence-corrected chi connectivity index (χ0v) is 16.4. The number of benzene rings is 2. The van der Waals surface area contributed by atoms with Gasteiger partial charge in [-0.3, -0.25) is 9.59 Å². The topological polar surface area (TPSA) is 40.6 Å². The van der Waals surface area contributed by atoms with E-state index in [1.165, 1.54) is 18.7 Å². The Labute approximate surface area is 163 Å². The Hall–Kier alpha value is -1.82. The van der Waals surface area contributed by atoms with Crippen LogP contribution in [0.3, 0.4) is 0 Å². The molecule has 0 radical (unpaired) electrons. The van der Waals surface area contributed by atoms with Gasteiger partial charge in [-0.2, -0.15) is 0 Å². The molecule has 1 amide bonds. The number of rotatable bonds is 4. The summed E-state index contributed by atoms with van der Waals surface area (Å²) in [4.78, 5) is 30.7. The third-order valence-electron chi connectivity index (χ3n) is 4.45. The van der Waals surface area contributed by atoms with E-state index in [1.54, 1.807) is 12.1 Å². The van der Waals surface area contributed by atoms with Gasteiger partial charge in [0.15, 0.2) is 5.78 Å². The molecular formula is C20H21ClN2O2S. The second kappa shape index (κ2) is 8.25. The largest absolute Gasteiger partial charge is 0.336 e. The molecule has 136 valence electrons. The van der Waals surface area contributed by atoms with Crippen molar-refractivity contribution in [3.63, 3.8) is 0 Å². The highest BCUT2D eigenvalue weighted by Gasteiger charge is 2.23. The van der Waals surface area contributed by atoms with Gasteiger partial charge >= 0.3 is 0 Å². The summed E-state index contributed by atoms with van der Waals surface area (Å²) < 4.78 is 0. The number of nitrogens with zero attached hydrogens (tertiary/aromatic N) is 2. The maximum atomic E-state index is 13.0. The fraction of sp³-hybridized carbons (Fsp3) is 0.300. The molecule has 1 aliphatic rings. The second-order valence-electron chi connectivity index (χ2n) is 6.39. The van der Waals surface area contributed by atoms with E-state index < -0.39 is 0 Å². The molecule has 0 aliphatic carbocycles. The van der Waals surface area contributed by atoms with E-state index in [0.29, 0.717) is 16.1 Å². The smallest absolute Gasteiger partial charge is 0.255 e. The van der Waals surface area contributed by atoms with Gasteiger partial charge in [0.1, 0.15) is 0 Å². The van der Waals surface area contributed by atoms with Gasteiger partial charge in [0.05, 0.1) is 5.56 Å². The van der Waals surface area contributed by atoms with Crippen LogP contribution in [0, 0.1) is 0 Å². The molecule has 2 aromatic carbocycles. The number of piperazine rings is 1. The van der Waals surface area contributed by atoms with Crippen LogP contribution in [0.25, 0.3) is 0 Å². The van der Waals surface area contributed by atoms with E-state index in [2.05, 4.69) is 11.9 Å². The van der Waals surface area contributed by atoms with E-state index in [9.17, 15) is 9.59 Å². The lowest BCUT2D eigenvalue weighted by atomic mass is 10.1. The third-order valence-corrected chi connectivity index (χ3v) is 5.84. The molecule has 3 rings (SSSR count). The lowest BCUT2D eigenvalue weighted by Gasteiger charge is -2.32. The Morgan fingerprint density at radius 3 is 2.31 bits per heavy atom. The number of hydrogen-bond acceptors (Lipinski definition) is 4. The average Bonchev–Trinajstić information content (AvgIpc) is 2.63. The summed E-state index contributed by atoms with van der Waals surface area (Å²) in [6, 6.07) is 12.8. The summed E-state index contributed by atoms with van der Waals surface area (Å²) in [6.07, 6.45) is 0. The number of halogens is 1. The summed E-state index contributed by atoms with van der Waals surface area (Å²) in [5.74, 6) is -0.00239. The lowest BCUT2D eigenvalue weighted by molar-refractivity contribution is 0.0660. The summed E-state index contributed by atoms with van der Waals surface area (Å²) in [5, 5.41) is 0.529. The van der Waals surface area contributed by atoms with Crippen LogP contribution in [0.2, 0.25) is 5.02 Å². The maximum Gasteiger partial charge on any atom is 0.255 e. The van der Waals surface area contributed by atoms with Crippen molar-refractivity contribution in [3.8, 4) is 0 Å². The van der Waals surface area contributed by atoms with Crippen molar-refractivity contribution < 1.29 is 9.59 Å². The first-order valence-corrected chi connectivity index (χ1v) is 9.70. The van der Waals surface area contributed by atoms with Crippen molar-refractivity contribution in [1.82, 2.24) is 9.80 Å². The normalized spacial score (nSPS) is 15.1.